The number of halogens is 3. The van der Waals surface area contributed by atoms with Crippen molar-refractivity contribution >= 4 is 34.2 Å². The van der Waals surface area contributed by atoms with Gasteiger partial charge in [-0.2, -0.15) is 4.98 Å². The third kappa shape index (κ3) is 4.01. The van der Waals surface area contributed by atoms with Crippen LogP contribution in [0.5, 0.6) is 5.75 Å². The Kier molecular flexibility index (Phi) is 5.02. The van der Waals surface area contributed by atoms with Crippen LogP contribution in [0.4, 0.5) is 36.3 Å². The van der Waals surface area contributed by atoms with Crippen molar-refractivity contribution in [2.75, 3.05) is 10.6 Å². The van der Waals surface area contributed by atoms with Crippen molar-refractivity contribution < 1.29 is 18.3 Å². The van der Waals surface area contributed by atoms with Crippen molar-refractivity contribution in [3.05, 3.63) is 90.4 Å². The molecule has 10 heteroatoms. The fourth-order valence-corrected chi connectivity index (χ4v) is 3.23. The lowest BCUT2D eigenvalue weighted by Crippen LogP contribution is -2.01. The molecule has 0 radical (unpaired) electrons. The van der Waals surface area contributed by atoms with Gasteiger partial charge in [0.15, 0.2) is 11.5 Å². The Morgan fingerprint density at radius 3 is 2.21 bits per heavy atom. The lowest BCUT2D eigenvalue weighted by Gasteiger charge is -2.06. The van der Waals surface area contributed by atoms with Gasteiger partial charge in [0, 0.05) is 11.9 Å². The maximum Gasteiger partial charge on any atom is 0.229 e. The van der Waals surface area contributed by atoms with Crippen molar-refractivity contribution in [1.29, 1.82) is 0 Å². The summed E-state index contributed by atoms with van der Waals surface area (Å²) in [4.78, 5) is 8.76. The van der Waals surface area contributed by atoms with Crippen LogP contribution in [0.25, 0.3) is 16.7 Å². The minimum Gasteiger partial charge on any atom is -0.508 e. The number of nitrogens with zero attached hydrogens (tertiary/aromatic N) is 4. The van der Waals surface area contributed by atoms with Gasteiger partial charge in [-0.15, -0.1) is 5.10 Å². The topological polar surface area (TPSA) is 87.9 Å². The van der Waals surface area contributed by atoms with Gasteiger partial charge in [0.05, 0.1) is 11.1 Å². The summed E-state index contributed by atoms with van der Waals surface area (Å²) in [7, 11) is 0. The van der Waals surface area contributed by atoms with Gasteiger partial charge in [0.25, 0.3) is 0 Å². The number of hydrogen-bond donors (Lipinski definition) is 3. The minimum atomic E-state index is -0.786. The van der Waals surface area contributed by atoms with Crippen molar-refractivity contribution in [1.82, 2.24) is 19.7 Å². The summed E-state index contributed by atoms with van der Waals surface area (Å²) in [6.07, 6.45) is 1.46. The molecular weight excluding hydrogens is 433 g/mol. The van der Waals surface area contributed by atoms with E-state index in [4.69, 9.17) is 0 Å². The molecule has 2 heterocycles. The second-order valence-corrected chi connectivity index (χ2v) is 7.06. The molecule has 5 rings (SSSR count). The zero-order valence-electron chi connectivity index (χ0n) is 16.8. The standard InChI is InChI=1S/C23H15F3N6O/c24-13-4-8-15(9-5-13)32-22-17(21(31-32)29-20-18(25)2-1-3-19(20)26)12-27-23(30-22)28-14-6-10-16(33)11-7-14/h1-12,33H,(H,29,31)(H,27,28,30). The highest BCUT2D eigenvalue weighted by Crippen LogP contribution is 2.30. The van der Waals surface area contributed by atoms with Crippen LogP contribution >= 0.6 is 0 Å². The Labute approximate surface area is 185 Å². The fourth-order valence-electron chi connectivity index (χ4n) is 3.23. The molecule has 0 atom stereocenters. The highest BCUT2D eigenvalue weighted by Gasteiger charge is 2.18. The Morgan fingerprint density at radius 1 is 0.818 bits per heavy atom. The predicted molar refractivity (Wildman–Crippen MR) is 118 cm³/mol. The molecule has 3 N–H and O–H groups in total. The molecule has 3 aromatic carbocycles. The SMILES string of the molecule is Oc1ccc(Nc2ncc3c(Nc4c(F)cccc4F)nn(-c4ccc(F)cc4)c3n2)cc1. The first-order valence-corrected chi connectivity index (χ1v) is 9.77. The molecule has 5 aromatic rings. The smallest absolute Gasteiger partial charge is 0.229 e. The summed E-state index contributed by atoms with van der Waals surface area (Å²) in [5.74, 6) is -1.54. The van der Waals surface area contributed by atoms with E-state index in [1.165, 1.54) is 53.3 Å². The molecule has 0 saturated heterocycles. The van der Waals surface area contributed by atoms with E-state index in [0.29, 0.717) is 22.4 Å². The van der Waals surface area contributed by atoms with Crippen LogP contribution in [-0.2, 0) is 0 Å². The van der Waals surface area contributed by atoms with Crippen molar-refractivity contribution in [2.45, 2.75) is 0 Å². The van der Waals surface area contributed by atoms with Crippen molar-refractivity contribution in [2.24, 2.45) is 0 Å². The number of aromatic hydroxyl groups is 1. The lowest BCUT2D eigenvalue weighted by atomic mass is 10.3. The van der Waals surface area contributed by atoms with Gasteiger partial charge in [0.2, 0.25) is 5.95 Å². The van der Waals surface area contributed by atoms with Crippen LogP contribution < -0.4 is 10.6 Å². The van der Waals surface area contributed by atoms with Gasteiger partial charge in [-0.25, -0.2) is 22.8 Å². The summed E-state index contributed by atoms with van der Waals surface area (Å²) >= 11 is 0. The average Bonchev–Trinajstić information content (AvgIpc) is 3.16. The second kappa shape index (κ2) is 8.15. The molecule has 0 spiro atoms. The van der Waals surface area contributed by atoms with Gasteiger partial charge in [-0.1, -0.05) is 6.07 Å². The summed E-state index contributed by atoms with van der Waals surface area (Å²) in [6, 6.07) is 15.4. The molecular formula is C23H15F3N6O. The maximum atomic E-state index is 14.2. The average molecular weight is 448 g/mol. The lowest BCUT2D eigenvalue weighted by molar-refractivity contribution is 0.475. The Hall–Kier alpha value is -4.60. The monoisotopic (exact) mass is 448 g/mol. The number of aromatic nitrogens is 4. The summed E-state index contributed by atoms with van der Waals surface area (Å²) in [6.45, 7) is 0. The predicted octanol–water partition coefficient (Wildman–Crippen LogP) is 5.43. The normalized spacial score (nSPS) is 11.0. The zero-order chi connectivity index (χ0) is 22.9. The van der Waals surface area contributed by atoms with Crippen LogP contribution in [0, 0.1) is 17.5 Å². The first kappa shape index (κ1) is 20.3. The molecule has 0 bridgehead atoms. The molecule has 0 aliphatic carbocycles. The first-order chi connectivity index (χ1) is 16.0. The number of hydrogen-bond acceptors (Lipinski definition) is 6. The molecule has 0 saturated carbocycles. The molecule has 33 heavy (non-hydrogen) atoms. The molecule has 0 fully saturated rings. The molecule has 0 aliphatic heterocycles. The van der Waals surface area contributed by atoms with E-state index >= 15 is 0 Å². The highest BCUT2D eigenvalue weighted by atomic mass is 19.1. The van der Waals surface area contributed by atoms with Crippen LogP contribution in [0.15, 0.2) is 72.9 Å². The Balaban J connectivity index is 1.62. The highest BCUT2D eigenvalue weighted by molar-refractivity contribution is 5.90. The van der Waals surface area contributed by atoms with Crippen LogP contribution in [0.1, 0.15) is 0 Å². The quantitative estimate of drug-likeness (QED) is 0.311. The number of benzene rings is 3. The van der Waals surface area contributed by atoms with E-state index in [0.717, 1.165) is 12.1 Å². The van der Waals surface area contributed by atoms with Crippen LogP contribution in [-0.4, -0.2) is 24.9 Å². The molecule has 2 aromatic heterocycles. The molecule has 164 valence electrons. The number of nitrogens with one attached hydrogen (secondary N) is 2. The summed E-state index contributed by atoms with van der Waals surface area (Å²) < 4.78 is 43.3. The summed E-state index contributed by atoms with van der Waals surface area (Å²) in [5.41, 5.74) is 1.07. The number of rotatable bonds is 5. The van der Waals surface area contributed by atoms with E-state index < -0.39 is 17.5 Å². The van der Waals surface area contributed by atoms with Gasteiger partial charge in [0.1, 0.15) is 28.9 Å². The van der Waals surface area contributed by atoms with Gasteiger partial charge < -0.3 is 15.7 Å². The fraction of sp³-hybridized carbons (Fsp3) is 0. The summed E-state index contributed by atoms with van der Waals surface area (Å²) in [5, 5.41) is 19.9. The van der Waals surface area contributed by atoms with E-state index in [2.05, 4.69) is 25.7 Å². The Bertz CT molecular complexity index is 1430. The van der Waals surface area contributed by atoms with Gasteiger partial charge in [-0.3, -0.25) is 0 Å². The third-order valence-electron chi connectivity index (χ3n) is 4.83. The van der Waals surface area contributed by atoms with Crippen molar-refractivity contribution in [3.63, 3.8) is 0 Å². The largest absolute Gasteiger partial charge is 0.508 e. The van der Waals surface area contributed by atoms with E-state index in [9.17, 15) is 18.3 Å². The number of para-hydroxylation sites is 1. The van der Waals surface area contributed by atoms with Crippen LogP contribution in [0.3, 0.4) is 0 Å². The van der Waals surface area contributed by atoms with E-state index in [1.807, 2.05) is 0 Å². The van der Waals surface area contributed by atoms with Gasteiger partial charge in [-0.05, 0) is 60.7 Å². The minimum absolute atomic E-state index is 0.113. The van der Waals surface area contributed by atoms with E-state index in [1.54, 1.807) is 12.1 Å². The number of phenols is 1. The second-order valence-electron chi connectivity index (χ2n) is 7.06. The Morgan fingerprint density at radius 2 is 1.52 bits per heavy atom. The van der Waals surface area contributed by atoms with E-state index in [-0.39, 0.29) is 23.2 Å². The number of anilines is 4. The molecule has 0 aliphatic rings. The molecule has 0 amide bonds. The molecule has 7 nitrogen and oxygen atoms in total. The van der Waals surface area contributed by atoms with Crippen LogP contribution in [0.2, 0.25) is 0 Å². The van der Waals surface area contributed by atoms with Crippen molar-refractivity contribution in [3.8, 4) is 11.4 Å². The van der Waals surface area contributed by atoms with Gasteiger partial charge >= 0.3 is 0 Å². The third-order valence-corrected chi connectivity index (χ3v) is 4.83. The number of fused-ring (bicyclic) bond motifs is 1. The first-order valence-electron chi connectivity index (χ1n) is 9.77. The zero-order valence-corrected chi connectivity index (χ0v) is 16.8. The molecule has 0 unspecified atom stereocenters. The maximum absolute atomic E-state index is 14.2. The number of phenolic OH excluding ortho intramolecular Hbond substituents is 1.